The molecule has 0 unspecified atom stereocenters. The zero-order valence-electron chi connectivity index (χ0n) is 16.3. The molecule has 3 aromatic rings. The summed E-state index contributed by atoms with van der Waals surface area (Å²) in [6.45, 7) is 0.768. The zero-order valence-corrected chi connectivity index (χ0v) is 17.9. The molecule has 152 valence electrons. The Morgan fingerprint density at radius 2 is 1.70 bits per heavy atom. The van der Waals surface area contributed by atoms with Gasteiger partial charge in [0.05, 0.1) is 0 Å². The summed E-state index contributed by atoms with van der Waals surface area (Å²) in [4.78, 5) is 12.1. The van der Waals surface area contributed by atoms with E-state index in [1.165, 1.54) is 34.4 Å². The second-order valence-corrected chi connectivity index (χ2v) is 7.96. The highest BCUT2D eigenvalue weighted by Crippen LogP contribution is 2.44. The number of rotatable bonds is 6. The molecular formula is C25H21BrFNO2. The van der Waals surface area contributed by atoms with Gasteiger partial charge in [0, 0.05) is 16.9 Å². The number of fused-ring (bicyclic) bond motifs is 3. The number of nitrogens with one attached hydrogen (secondary N) is 1. The largest absolute Gasteiger partial charge is 0.449 e. The molecule has 0 radical (unpaired) electrons. The van der Waals surface area contributed by atoms with Gasteiger partial charge >= 0.3 is 6.09 Å². The number of halogens is 2. The molecule has 0 aliphatic heterocycles. The van der Waals surface area contributed by atoms with Crippen LogP contribution >= 0.6 is 15.9 Å². The van der Waals surface area contributed by atoms with E-state index in [1.54, 1.807) is 6.07 Å². The molecule has 3 nitrogen and oxygen atoms in total. The number of hydrogen-bond donors (Lipinski definition) is 1. The lowest BCUT2D eigenvalue weighted by Crippen LogP contribution is -2.26. The van der Waals surface area contributed by atoms with Crippen molar-refractivity contribution >= 4 is 28.1 Å². The van der Waals surface area contributed by atoms with Crippen LogP contribution in [0.15, 0.2) is 77.3 Å². The van der Waals surface area contributed by atoms with Crippen LogP contribution in [-0.4, -0.2) is 19.2 Å². The minimum absolute atomic E-state index is 0.0545. The Balaban J connectivity index is 1.28. The summed E-state index contributed by atoms with van der Waals surface area (Å²) >= 11 is 3.33. The van der Waals surface area contributed by atoms with Gasteiger partial charge in [0.15, 0.2) is 0 Å². The average Bonchev–Trinajstić information content (AvgIpc) is 3.07. The molecule has 5 heteroatoms. The predicted octanol–water partition coefficient (Wildman–Crippen LogP) is 6.53. The number of carbonyl (C=O) groups excluding carboxylic acids is 1. The molecule has 1 aliphatic rings. The van der Waals surface area contributed by atoms with Gasteiger partial charge in [-0.3, -0.25) is 0 Å². The molecule has 4 rings (SSSR count). The third-order valence-electron chi connectivity index (χ3n) is 5.18. The molecule has 3 aromatic carbocycles. The van der Waals surface area contributed by atoms with Crippen molar-refractivity contribution in [2.24, 2.45) is 0 Å². The molecule has 0 heterocycles. The van der Waals surface area contributed by atoms with Gasteiger partial charge < -0.3 is 10.1 Å². The fraction of sp³-hybridized carbons (Fsp3) is 0.160. The fourth-order valence-corrected chi connectivity index (χ4v) is 4.24. The Bertz CT molecular complexity index is 1050. The Morgan fingerprint density at radius 1 is 1.03 bits per heavy atom. The summed E-state index contributed by atoms with van der Waals surface area (Å²) < 4.78 is 19.3. The normalized spacial score (nSPS) is 12.6. The molecule has 0 saturated heterocycles. The number of carbonyl (C=O) groups is 1. The van der Waals surface area contributed by atoms with E-state index in [4.69, 9.17) is 4.74 Å². The number of benzene rings is 3. The van der Waals surface area contributed by atoms with Crippen LogP contribution in [0.25, 0.3) is 17.2 Å². The number of hydrogen-bond acceptors (Lipinski definition) is 2. The monoisotopic (exact) mass is 465 g/mol. The lowest BCUT2D eigenvalue weighted by atomic mass is 9.98. The SMILES string of the molecule is O=C(NCCC=Cc1ccc(F)cc1Br)OCC1c2ccccc2-c2ccccc21. The van der Waals surface area contributed by atoms with Gasteiger partial charge in [0.25, 0.3) is 0 Å². The maximum Gasteiger partial charge on any atom is 0.407 e. The minimum Gasteiger partial charge on any atom is -0.449 e. The molecule has 0 aromatic heterocycles. The molecule has 0 spiro atoms. The second-order valence-electron chi connectivity index (χ2n) is 7.11. The van der Waals surface area contributed by atoms with Gasteiger partial charge in [-0.05, 0) is 46.4 Å². The Morgan fingerprint density at radius 3 is 2.37 bits per heavy atom. The van der Waals surface area contributed by atoms with Gasteiger partial charge in [-0.25, -0.2) is 9.18 Å². The van der Waals surface area contributed by atoms with Crippen molar-refractivity contribution in [1.29, 1.82) is 0 Å². The standard InChI is InChI=1S/C25H21BrFNO2/c26-24-15-18(27)13-12-17(24)7-5-6-14-28-25(29)30-16-23-21-10-3-1-8-19(21)20-9-2-4-11-22(20)23/h1-5,7-13,15,23H,6,14,16H2,(H,28,29). The van der Waals surface area contributed by atoms with Crippen molar-refractivity contribution in [3.63, 3.8) is 0 Å². The highest BCUT2D eigenvalue weighted by atomic mass is 79.9. The van der Waals surface area contributed by atoms with Gasteiger partial charge in [-0.2, -0.15) is 0 Å². The molecular weight excluding hydrogens is 445 g/mol. The van der Waals surface area contributed by atoms with Crippen molar-refractivity contribution in [2.45, 2.75) is 12.3 Å². The zero-order chi connectivity index (χ0) is 20.9. The van der Waals surface area contributed by atoms with Gasteiger partial charge in [-0.1, -0.05) is 82.7 Å². The predicted molar refractivity (Wildman–Crippen MR) is 121 cm³/mol. The fourth-order valence-electron chi connectivity index (χ4n) is 3.75. The van der Waals surface area contributed by atoms with Crippen molar-refractivity contribution in [1.82, 2.24) is 5.32 Å². The molecule has 30 heavy (non-hydrogen) atoms. The lowest BCUT2D eigenvalue weighted by Gasteiger charge is -2.14. The first-order valence-electron chi connectivity index (χ1n) is 9.84. The first-order chi connectivity index (χ1) is 14.6. The molecule has 1 aliphatic carbocycles. The van der Waals surface area contributed by atoms with Crippen molar-refractivity contribution in [2.75, 3.05) is 13.2 Å². The third kappa shape index (κ3) is 4.46. The number of amides is 1. The van der Waals surface area contributed by atoms with Crippen LogP contribution in [0, 0.1) is 5.82 Å². The van der Waals surface area contributed by atoms with E-state index in [0.717, 1.165) is 5.56 Å². The van der Waals surface area contributed by atoms with Gasteiger partial charge in [0.2, 0.25) is 0 Å². The lowest BCUT2D eigenvalue weighted by molar-refractivity contribution is 0.143. The number of alkyl carbamates (subject to hydrolysis) is 1. The molecule has 0 atom stereocenters. The van der Waals surface area contributed by atoms with Crippen LogP contribution < -0.4 is 5.32 Å². The van der Waals surface area contributed by atoms with E-state index in [2.05, 4.69) is 45.5 Å². The van der Waals surface area contributed by atoms with Gasteiger partial charge in [-0.15, -0.1) is 0 Å². The highest BCUT2D eigenvalue weighted by molar-refractivity contribution is 9.10. The first kappa shape index (κ1) is 20.4. The van der Waals surface area contributed by atoms with Crippen LogP contribution in [0.1, 0.15) is 29.0 Å². The summed E-state index contributed by atoms with van der Waals surface area (Å²) in [5, 5.41) is 2.78. The molecule has 0 bridgehead atoms. The van der Waals surface area contributed by atoms with E-state index in [1.807, 2.05) is 36.4 Å². The maximum atomic E-state index is 13.1. The quantitative estimate of drug-likeness (QED) is 0.420. The Hall–Kier alpha value is -2.92. The molecule has 1 N–H and O–H groups in total. The van der Waals surface area contributed by atoms with Crippen LogP contribution in [0.2, 0.25) is 0 Å². The van der Waals surface area contributed by atoms with Crippen molar-refractivity contribution < 1.29 is 13.9 Å². The van der Waals surface area contributed by atoms with E-state index in [-0.39, 0.29) is 11.7 Å². The van der Waals surface area contributed by atoms with Crippen LogP contribution in [0.4, 0.5) is 9.18 Å². The Labute approximate surface area is 183 Å². The first-order valence-corrected chi connectivity index (χ1v) is 10.6. The summed E-state index contributed by atoms with van der Waals surface area (Å²) in [5.41, 5.74) is 5.69. The van der Waals surface area contributed by atoms with Gasteiger partial charge in [0.1, 0.15) is 12.4 Å². The smallest absolute Gasteiger partial charge is 0.407 e. The van der Waals surface area contributed by atoms with Crippen molar-refractivity contribution in [3.8, 4) is 11.1 Å². The summed E-state index contributed by atoms with van der Waals surface area (Å²) in [5.74, 6) is -0.227. The summed E-state index contributed by atoms with van der Waals surface area (Å²) in [7, 11) is 0. The second kappa shape index (κ2) is 9.26. The van der Waals surface area contributed by atoms with E-state index in [9.17, 15) is 9.18 Å². The molecule has 1 amide bonds. The number of ether oxygens (including phenoxy) is 1. The third-order valence-corrected chi connectivity index (χ3v) is 5.87. The van der Waals surface area contributed by atoms with Crippen molar-refractivity contribution in [3.05, 3.63) is 99.8 Å². The topological polar surface area (TPSA) is 38.3 Å². The summed E-state index contributed by atoms with van der Waals surface area (Å²) in [6.07, 6.45) is 4.05. The minimum atomic E-state index is -0.423. The maximum absolute atomic E-state index is 13.1. The summed E-state index contributed by atoms with van der Waals surface area (Å²) in [6, 6.07) is 21.1. The van der Waals surface area contributed by atoms with Crippen LogP contribution in [0.3, 0.4) is 0 Å². The van der Waals surface area contributed by atoms with Crippen LogP contribution in [0.5, 0.6) is 0 Å². The van der Waals surface area contributed by atoms with Crippen LogP contribution in [-0.2, 0) is 4.74 Å². The Kier molecular flexibility index (Phi) is 6.29. The van der Waals surface area contributed by atoms with E-state index < -0.39 is 6.09 Å². The molecule has 0 fully saturated rings. The van der Waals surface area contributed by atoms with E-state index >= 15 is 0 Å². The van der Waals surface area contributed by atoms with E-state index in [0.29, 0.717) is 24.0 Å². The average molecular weight is 466 g/mol. The highest BCUT2D eigenvalue weighted by Gasteiger charge is 2.28. The molecule has 0 saturated carbocycles.